The van der Waals surface area contributed by atoms with Crippen LogP contribution in [0.25, 0.3) is 0 Å². The Labute approximate surface area is 125 Å². The zero-order valence-electron chi connectivity index (χ0n) is 12.4. The number of hydrogen-bond donors (Lipinski definition) is 2. The van der Waals surface area contributed by atoms with Gasteiger partial charge in [0, 0.05) is 33.3 Å². The molecule has 1 aromatic rings. The van der Waals surface area contributed by atoms with E-state index in [0.717, 1.165) is 31.9 Å². The second-order valence-electron chi connectivity index (χ2n) is 4.88. The summed E-state index contributed by atoms with van der Waals surface area (Å²) in [7, 11) is 1.69. The van der Waals surface area contributed by atoms with Gasteiger partial charge in [0.05, 0.1) is 13.2 Å². The SMILES string of the molecule is COCCNCc1ccc(OCCN2CCNC2=O)cc1. The van der Waals surface area contributed by atoms with Crippen LogP contribution in [0.4, 0.5) is 4.79 Å². The van der Waals surface area contributed by atoms with Gasteiger partial charge < -0.3 is 25.0 Å². The molecule has 1 aromatic carbocycles. The van der Waals surface area contributed by atoms with Crippen LogP contribution in [0.15, 0.2) is 24.3 Å². The number of amides is 2. The average molecular weight is 293 g/mol. The minimum atomic E-state index is -0.00363. The summed E-state index contributed by atoms with van der Waals surface area (Å²) in [5.74, 6) is 0.829. The molecule has 2 rings (SSSR count). The van der Waals surface area contributed by atoms with Gasteiger partial charge in [0.15, 0.2) is 0 Å². The van der Waals surface area contributed by atoms with Gasteiger partial charge in [-0.2, -0.15) is 0 Å². The molecular weight excluding hydrogens is 270 g/mol. The summed E-state index contributed by atoms with van der Waals surface area (Å²) >= 11 is 0. The number of nitrogens with zero attached hydrogens (tertiary/aromatic N) is 1. The molecule has 0 bridgehead atoms. The lowest BCUT2D eigenvalue weighted by atomic mass is 10.2. The van der Waals surface area contributed by atoms with Crippen LogP contribution in [0.3, 0.4) is 0 Å². The molecule has 21 heavy (non-hydrogen) atoms. The zero-order chi connectivity index (χ0) is 14.9. The smallest absolute Gasteiger partial charge is 0.317 e. The maximum Gasteiger partial charge on any atom is 0.317 e. The predicted octanol–water partition coefficient (Wildman–Crippen LogP) is 0.827. The maximum atomic E-state index is 11.4. The summed E-state index contributed by atoms with van der Waals surface area (Å²) in [6.07, 6.45) is 0. The Morgan fingerprint density at radius 1 is 1.29 bits per heavy atom. The zero-order valence-corrected chi connectivity index (χ0v) is 12.4. The van der Waals surface area contributed by atoms with Gasteiger partial charge in [0.25, 0.3) is 0 Å². The van der Waals surface area contributed by atoms with E-state index in [4.69, 9.17) is 9.47 Å². The van der Waals surface area contributed by atoms with Gasteiger partial charge in [0.2, 0.25) is 0 Å². The van der Waals surface area contributed by atoms with E-state index in [0.29, 0.717) is 19.8 Å². The van der Waals surface area contributed by atoms with Crippen molar-refractivity contribution in [1.29, 1.82) is 0 Å². The number of benzene rings is 1. The molecule has 0 unspecified atom stereocenters. The monoisotopic (exact) mass is 293 g/mol. The third kappa shape index (κ3) is 5.24. The summed E-state index contributed by atoms with van der Waals surface area (Å²) in [5.41, 5.74) is 1.21. The van der Waals surface area contributed by atoms with Crippen molar-refractivity contribution in [3.05, 3.63) is 29.8 Å². The van der Waals surface area contributed by atoms with Crippen molar-refractivity contribution in [3.63, 3.8) is 0 Å². The number of rotatable bonds is 9. The number of carbonyl (C=O) groups excluding carboxylic acids is 1. The Balaban J connectivity index is 1.66. The number of methoxy groups -OCH3 is 1. The lowest BCUT2D eigenvalue weighted by Gasteiger charge is -2.14. The van der Waals surface area contributed by atoms with Crippen molar-refractivity contribution in [3.8, 4) is 5.75 Å². The summed E-state index contributed by atoms with van der Waals surface area (Å²) < 4.78 is 10.6. The Morgan fingerprint density at radius 3 is 2.76 bits per heavy atom. The highest BCUT2D eigenvalue weighted by atomic mass is 16.5. The van der Waals surface area contributed by atoms with Crippen molar-refractivity contribution in [2.24, 2.45) is 0 Å². The first kappa shape index (κ1) is 15.6. The van der Waals surface area contributed by atoms with E-state index in [1.807, 2.05) is 24.3 Å². The fourth-order valence-electron chi connectivity index (χ4n) is 2.11. The van der Waals surface area contributed by atoms with E-state index >= 15 is 0 Å². The highest BCUT2D eigenvalue weighted by molar-refractivity contribution is 5.76. The topological polar surface area (TPSA) is 62.8 Å². The van der Waals surface area contributed by atoms with Gasteiger partial charge in [-0.15, -0.1) is 0 Å². The van der Waals surface area contributed by atoms with Gasteiger partial charge in [0.1, 0.15) is 12.4 Å². The minimum Gasteiger partial charge on any atom is -0.492 e. The molecule has 1 fully saturated rings. The van der Waals surface area contributed by atoms with Crippen LogP contribution in [0.5, 0.6) is 5.75 Å². The Bertz CT molecular complexity index is 436. The molecule has 0 saturated carbocycles. The minimum absolute atomic E-state index is 0.00363. The number of urea groups is 1. The van der Waals surface area contributed by atoms with Crippen LogP contribution in [0.2, 0.25) is 0 Å². The number of nitrogens with one attached hydrogen (secondary N) is 2. The third-order valence-corrected chi connectivity index (χ3v) is 3.31. The predicted molar refractivity (Wildman–Crippen MR) is 80.5 cm³/mol. The van der Waals surface area contributed by atoms with E-state index < -0.39 is 0 Å². The fraction of sp³-hybridized carbons (Fsp3) is 0.533. The molecule has 1 aliphatic heterocycles. The molecule has 6 heteroatoms. The summed E-state index contributed by atoms with van der Waals surface area (Å²) in [4.78, 5) is 13.1. The molecule has 0 radical (unpaired) electrons. The molecule has 6 nitrogen and oxygen atoms in total. The quantitative estimate of drug-likeness (QED) is 0.662. The molecule has 0 atom stereocenters. The first-order valence-electron chi connectivity index (χ1n) is 7.24. The van der Waals surface area contributed by atoms with E-state index in [-0.39, 0.29) is 6.03 Å². The van der Waals surface area contributed by atoms with E-state index in [1.165, 1.54) is 5.56 Å². The summed E-state index contributed by atoms with van der Waals surface area (Å²) in [6, 6.07) is 7.99. The number of hydrogen-bond acceptors (Lipinski definition) is 4. The number of ether oxygens (including phenoxy) is 2. The Morgan fingerprint density at radius 2 is 2.10 bits per heavy atom. The normalized spacial score (nSPS) is 14.3. The van der Waals surface area contributed by atoms with Crippen molar-refractivity contribution in [2.45, 2.75) is 6.54 Å². The van der Waals surface area contributed by atoms with Crippen LogP contribution in [0.1, 0.15) is 5.56 Å². The van der Waals surface area contributed by atoms with Crippen LogP contribution >= 0.6 is 0 Å². The molecule has 0 aliphatic carbocycles. The van der Waals surface area contributed by atoms with Crippen LogP contribution in [-0.4, -0.2) is 57.4 Å². The van der Waals surface area contributed by atoms with Gasteiger partial charge in [-0.25, -0.2) is 4.79 Å². The van der Waals surface area contributed by atoms with E-state index in [1.54, 1.807) is 12.0 Å². The molecule has 2 N–H and O–H groups in total. The van der Waals surface area contributed by atoms with E-state index in [9.17, 15) is 4.79 Å². The van der Waals surface area contributed by atoms with Crippen LogP contribution in [0, 0.1) is 0 Å². The Kier molecular flexibility index (Phi) is 6.30. The molecular formula is C15H23N3O3. The van der Waals surface area contributed by atoms with Gasteiger partial charge in [-0.05, 0) is 17.7 Å². The fourth-order valence-corrected chi connectivity index (χ4v) is 2.11. The van der Waals surface area contributed by atoms with Gasteiger partial charge in [-0.1, -0.05) is 12.1 Å². The van der Waals surface area contributed by atoms with Crippen molar-refractivity contribution >= 4 is 6.03 Å². The maximum absolute atomic E-state index is 11.4. The molecule has 0 aromatic heterocycles. The molecule has 0 spiro atoms. The second kappa shape index (κ2) is 8.49. The van der Waals surface area contributed by atoms with E-state index in [2.05, 4.69) is 10.6 Å². The molecule has 1 heterocycles. The average Bonchev–Trinajstić information content (AvgIpc) is 2.91. The van der Waals surface area contributed by atoms with Crippen LogP contribution < -0.4 is 15.4 Å². The number of carbonyl (C=O) groups is 1. The Hall–Kier alpha value is -1.79. The highest BCUT2D eigenvalue weighted by Crippen LogP contribution is 2.12. The third-order valence-electron chi connectivity index (χ3n) is 3.31. The summed E-state index contributed by atoms with van der Waals surface area (Å²) in [5, 5.41) is 6.06. The highest BCUT2D eigenvalue weighted by Gasteiger charge is 2.18. The molecule has 1 saturated heterocycles. The summed E-state index contributed by atoms with van der Waals surface area (Å²) in [6.45, 7) is 4.98. The lowest BCUT2D eigenvalue weighted by Crippen LogP contribution is -2.31. The molecule has 1 aliphatic rings. The first-order chi connectivity index (χ1) is 10.3. The molecule has 2 amide bonds. The van der Waals surface area contributed by atoms with Crippen molar-refractivity contribution < 1.29 is 14.3 Å². The largest absolute Gasteiger partial charge is 0.492 e. The first-order valence-corrected chi connectivity index (χ1v) is 7.24. The van der Waals surface area contributed by atoms with Crippen LogP contribution in [-0.2, 0) is 11.3 Å². The molecule has 116 valence electrons. The second-order valence-corrected chi connectivity index (χ2v) is 4.88. The standard InChI is InChI=1S/C15H23N3O3/c1-20-10-7-16-12-13-2-4-14(5-3-13)21-11-9-18-8-6-17-15(18)19/h2-5,16H,6-12H2,1H3,(H,17,19). The lowest BCUT2D eigenvalue weighted by molar-refractivity contribution is 0.199. The van der Waals surface area contributed by atoms with Crippen molar-refractivity contribution in [2.75, 3.05) is 46.5 Å². The van der Waals surface area contributed by atoms with Crippen molar-refractivity contribution in [1.82, 2.24) is 15.5 Å². The van der Waals surface area contributed by atoms with Gasteiger partial charge >= 0.3 is 6.03 Å². The van der Waals surface area contributed by atoms with Gasteiger partial charge in [-0.3, -0.25) is 0 Å².